The van der Waals surface area contributed by atoms with E-state index in [0.29, 0.717) is 0 Å². The summed E-state index contributed by atoms with van der Waals surface area (Å²) in [5.74, 6) is 2.08. The van der Waals surface area contributed by atoms with Gasteiger partial charge in [0.05, 0.1) is 0 Å². The van der Waals surface area contributed by atoms with Crippen LogP contribution in [0.1, 0.15) is 19.3 Å². The Balaban J connectivity index is 1.61. The van der Waals surface area contributed by atoms with Gasteiger partial charge in [0.1, 0.15) is 0 Å². The molecule has 1 heterocycles. The van der Waals surface area contributed by atoms with Crippen molar-refractivity contribution in [2.45, 2.75) is 24.2 Å². The van der Waals surface area contributed by atoms with Gasteiger partial charge in [-0.1, -0.05) is 18.2 Å². The Morgan fingerprint density at radius 1 is 1.17 bits per heavy atom. The summed E-state index contributed by atoms with van der Waals surface area (Å²) in [6.45, 7) is 4.60. The Labute approximate surface area is 115 Å². The van der Waals surface area contributed by atoms with Crippen LogP contribution in [0.25, 0.3) is 0 Å². The molecule has 0 saturated carbocycles. The second-order valence-electron chi connectivity index (χ2n) is 5.02. The van der Waals surface area contributed by atoms with Gasteiger partial charge in [-0.05, 0) is 56.9 Å². The van der Waals surface area contributed by atoms with E-state index in [0.717, 1.165) is 12.5 Å². The topological polar surface area (TPSA) is 29.3 Å². The van der Waals surface area contributed by atoms with Gasteiger partial charge in [0, 0.05) is 17.2 Å². The maximum absolute atomic E-state index is 5.62. The average molecular weight is 264 g/mol. The lowest BCUT2D eigenvalue weighted by Crippen LogP contribution is -2.35. The molecule has 0 atom stereocenters. The van der Waals surface area contributed by atoms with Crippen LogP contribution in [0, 0.1) is 5.92 Å². The minimum absolute atomic E-state index is 0.856. The quantitative estimate of drug-likeness (QED) is 0.801. The Bertz CT molecular complexity index is 321. The summed E-state index contributed by atoms with van der Waals surface area (Å²) in [5.41, 5.74) is 5.62. The van der Waals surface area contributed by atoms with Gasteiger partial charge in [0.2, 0.25) is 0 Å². The van der Waals surface area contributed by atoms with E-state index in [1.54, 1.807) is 0 Å². The molecule has 1 aliphatic rings. The highest BCUT2D eigenvalue weighted by Crippen LogP contribution is 2.21. The molecule has 0 spiro atoms. The molecule has 18 heavy (non-hydrogen) atoms. The molecule has 0 aliphatic carbocycles. The van der Waals surface area contributed by atoms with Gasteiger partial charge >= 0.3 is 0 Å². The fourth-order valence-electron chi connectivity index (χ4n) is 2.54. The zero-order chi connectivity index (χ0) is 12.6. The maximum Gasteiger partial charge on any atom is 0.0108 e. The Kier molecular flexibility index (Phi) is 6.05. The second kappa shape index (κ2) is 7.82. The molecule has 0 unspecified atom stereocenters. The van der Waals surface area contributed by atoms with Crippen molar-refractivity contribution in [1.29, 1.82) is 0 Å². The van der Waals surface area contributed by atoms with Gasteiger partial charge in [-0.3, -0.25) is 0 Å². The van der Waals surface area contributed by atoms with Crippen molar-refractivity contribution in [1.82, 2.24) is 4.90 Å². The molecule has 2 N–H and O–H groups in total. The number of thioether (sulfide) groups is 1. The third kappa shape index (κ3) is 4.63. The predicted octanol–water partition coefficient (Wildman–Crippen LogP) is 2.84. The van der Waals surface area contributed by atoms with Gasteiger partial charge in [-0.15, -0.1) is 11.8 Å². The first-order valence-corrected chi connectivity index (χ1v) is 7.97. The fourth-order valence-corrected chi connectivity index (χ4v) is 3.48. The van der Waals surface area contributed by atoms with Crippen LogP contribution in [-0.2, 0) is 0 Å². The molecule has 1 saturated heterocycles. The highest BCUT2D eigenvalue weighted by Gasteiger charge is 2.17. The van der Waals surface area contributed by atoms with E-state index in [1.807, 2.05) is 11.8 Å². The summed E-state index contributed by atoms with van der Waals surface area (Å²) in [7, 11) is 0. The molecule has 1 aromatic rings. The molecule has 3 heteroatoms. The number of hydrogen-bond donors (Lipinski definition) is 1. The summed E-state index contributed by atoms with van der Waals surface area (Å²) in [6.07, 6.45) is 3.90. The predicted molar refractivity (Wildman–Crippen MR) is 80.0 cm³/mol. The normalized spacial score (nSPS) is 18.1. The standard InChI is InChI=1S/C15H24N2S/c16-9-6-14-7-10-17(11-8-14)12-13-18-15-4-2-1-3-5-15/h1-5,14H,6-13,16H2. The largest absolute Gasteiger partial charge is 0.330 e. The molecule has 1 fully saturated rings. The number of piperidine rings is 1. The second-order valence-corrected chi connectivity index (χ2v) is 6.19. The number of benzene rings is 1. The van der Waals surface area contributed by atoms with Crippen molar-refractivity contribution in [2.75, 3.05) is 31.9 Å². The zero-order valence-corrected chi connectivity index (χ0v) is 11.9. The van der Waals surface area contributed by atoms with Crippen molar-refractivity contribution in [3.8, 4) is 0 Å². The van der Waals surface area contributed by atoms with Crippen LogP contribution in [0.4, 0.5) is 0 Å². The first-order valence-electron chi connectivity index (χ1n) is 6.99. The van der Waals surface area contributed by atoms with E-state index in [2.05, 4.69) is 35.2 Å². The third-order valence-corrected chi connectivity index (χ3v) is 4.69. The number of likely N-dealkylation sites (tertiary alicyclic amines) is 1. The van der Waals surface area contributed by atoms with Gasteiger partial charge in [0.15, 0.2) is 0 Å². The van der Waals surface area contributed by atoms with Crippen LogP contribution in [0.2, 0.25) is 0 Å². The van der Waals surface area contributed by atoms with Crippen molar-refractivity contribution in [3.63, 3.8) is 0 Å². The molecule has 1 aromatic carbocycles. The van der Waals surface area contributed by atoms with Crippen molar-refractivity contribution >= 4 is 11.8 Å². The monoisotopic (exact) mass is 264 g/mol. The van der Waals surface area contributed by atoms with Crippen molar-refractivity contribution < 1.29 is 0 Å². The molecule has 0 aromatic heterocycles. The Hall–Kier alpha value is -0.510. The number of nitrogens with two attached hydrogens (primary N) is 1. The summed E-state index contributed by atoms with van der Waals surface area (Å²) < 4.78 is 0. The molecule has 2 nitrogen and oxygen atoms in total. The molecular formula is C15H24N2S. The summed E-state index contributed by atoms with van der Waals surface area (Å²) >= 11 is 1.96. The van der Waals surface area contributed by atoms with E-state index in [1.165, 1.54) is 49.5 Å². The number of hydrogen-bond acceptors (Lipinski definition) is 3. The van der Waals surface area contributed by atoms with Crippen LogP contribution in [0.5, 0.6) is 0 Å². The summed E-state index contributed by atoms with van der Waals surface area (Å²) in [5, 5.41) is 0. The molecule has 0 bridgehead atoms. The summed E-state index contributed by atoms with van der Waals surface area (Å²) in [6, 6.07) is 10.7. The van der Waals surface area contributed by atoms with Crippen LogP contribution in [0.15, 0.2) is 35.2 Å². The molecule has 100 valence electrons. The minimum atomic E-state index is 0.856. The molecule has 0 amide bonds. The number of rotatable bonds is 6. The highest BCUT2D eigenvalue weighted by atomic mass is 32.2. The molecule has 1 aliphatic heterocycles. The van der Waals surface area contributed by atoms with E-state index in [4.69, 9.17) is 5.73 Å². The van der Waals surface area contributed by atoms with E-state index in [9.17, 15) is 0 Å². The Morgan fingerprint density at radius 3 is 2.56 bits per heavy atom. The van der Waals surface area contributed by atoms with E-state index in [-0.39, 0.29) is 0 Å². The lowest BCUT2D eigenvalue weighted by Gasteiger charge is -2.31. The van der Waals surface area contributed by atoms with Crippen molar-refractivity contribution in [3.05, 3.63) is 30.3 Å². The number of nitrogens with zero attached hydrogens (tertiary/aromatic N) is 1. The first-order chi connectivity index (χ1) is 8.88. The summed E-state index contributed by atoms with van der Waals surface area (Å²) in [4.78, 5) is 3.98. The van der Waals surface area contributed by atoms with E-state index >= 15 is 0 Å². The highest BCUT2D eigenvalue weighted by molar-refractivity contribution is 7.99. The minimum Gasteiger partial charge on any atom is -0.330 e. The smallest absolute Gasteiger partial charge is 0.0108 e. The van der Waals surface area contributed by atoms with Crippen LogP contribution in [0.3, 0.4) is 0 Å². The zero-order valence-electron chi connectivity index (χ0n) is 11.1. The van der Waals surface area contributed by atoms with Gasteiger partial charge in [0.25, 0.3) is 0 Å². The molecular weight excluding hydrogens is 240 g/mol. The fraction of sp³-hybridized carbons (Fsp3) is 0.600. The van der Waals surface area contributed by atoms with Crippen molar-refractivity contribution in [2.24, 2.45) is 11.7 Å². The average Bonchev–Trinajstić information content (AvgIpc) is 2.42. The molecule has 2 rings (SSSR count). The van der Waals surface area contributed by atoms with Crippen LogP contribution >= 0.6 is 11.8 Å². The van der Waals surface area contributed by atoms with Crippen LogP contribution < -0.4 is 5.73 Å². The van der Waals surface area contributed by atoms with Gasteiger partial charge < -0.3 is 10.6 Å². The lowest BCUT2D eigenvalue weighted by molar-refractivity contribution is 0.189. The maximum atomic E-state index is 5.62. The van der Waals surface area contributed by atoms with E-state index < -0.39 is 0 Å². The molecule has 0 radical (unpaired) electrons. The first kappa shape index (κ1) is 13.9. The SMILES string of the molecule is NCCC1CCN(CCSc2ccccc2)CC1. The van der Waals surface area contributed by atoms with Gasteiger partial charge in [-0.25, -0.2) is 0 Å². The lowest BCUT2D eigenvalue weighted by atomic mass is 9.94. The van der Waals surface area contributed by atoms with Crippen LogP contribution in [-0.4, -0.2) is 36.8 Å². The third-order valence-electron chi connectivity index (χ3n) is 3.70. The van der Waals surface area contributed by atoms with Gasteiger partial charge in [-0.2, -0.15) is 0 Å². The Morgan fingerprint density at radius 2 is 1.89 bits per heavy atom.